The second-order valence-electron chi connectivity index (χ2n) is 3.13. The Hall–Kier alpha value is -0.680. The maximum atomic E-state index is 13.2. The number of hydrogen-bond acceptors (Lipinski definition) is 3. The van der Waals surface area contributed by atoms with Gasteiger partial charge in [-0.3, -0.25) is 4.79 Å². The van der Waals surface area contributed by atoms with Crippen LogP contribution in [0, 0.1) is 0 Å². The van der Waals surface area contributed by atoms with E-state index in [9.17, 15) is 9.18 Å². The van der Waals surface area contributed by atoms with Crippen LogP contribution in [0.3, 0.4) is 0 Å². The van der Waals surface area contributed by atoms with Gasteiger partial charge in [-0.15, -0.1) is 0 Å². The van der Waals surface area contributed by atoms with Gasteiger partial charge in [-0.05, 0) is 14.0 Å². The van der Waals surface area contributed by atoms with Crippen LogP contribution in [-0.2, 0) is 9.53 Å². The topological polar surface area (TPSA) is 50.4 Å². The molecular formula is C9H19FN2O2. The molecule has 0 aliphatic heterocycles. The summed E-state index contributed by atoms with van der Waals surface area (Å²) < 4.78 is 18.4. The summed E-state index contributed by atoms with van der Waals surface area (Å²) in [6, 6.07) is 0. The molecule has 2 atom stereocenters. The molecule has 5 heteroatoms. The molecule has 84 valence electrons. The first-order chi connectivity index (χ1) is 6.57. The van der Waals surface area contributed by atoms with E-state index in [0.717, 1.165) is 0 Å². The quantitative estimate of drug-likeness (QED) is 0.580. The summed E-state index contributed by atoms with van der Waals surface area (Å²) in [7, 11) is 1.80. The molecule has 0 aromatic heterocycles. The molecule has 0 aliphatic carbocycles. The molecule has 2 unspecified atom stereocenters. The van der Waals surface area contributed by atoms with E-state index in [2.05, 4.69) is 10.6 Å². The Morgan fingerprint density at radius 2 is 2.21 bits per heavy atom. The molecule has 0 radical (unpaired) electrons. The normalized spacial score (nSPS) is 14.9. The van der Waals surface area contributed by atoms with Gasteiger partial charge in [0.15, 0.2) is 0 Å². The summed E-state index contributed by atoms with van der Waals surface area (Å²) in [6.07, 6.45) is -1.65. The van der Waals surface area contributed by atoms with E-state index in [4.69, 9.17) is 4.74 Å². The molecule has 4 nitrogen and oxygen atoms in total. The largest absolute Gasteiger partial charge is 0.374 e. The van der Waals surface area contributed by atoms with E-state index >= 15 is 0 Å². The van der Waals surface area contributed by atoms with Gasteiger partial charge in [-0.1, -0.05) is 0 Å². The fourth-order valence-electron chi connectivity index (χ4n) is 0.858. The third-order valence-corrected chi connectivity index (χ3v) is 1.79. The number of ether oxygens (including phenoxy) is 1. The van der Waals surface area contributed by atoms with Gasteiger partial charge in [0, 0.05) is 13.5 Å². The molecule has 0 saturated carbocycles. The molecule has 0 saturated heterocycles. The summed E-state index contributed by atoms with van der Waals surface area (Å²) in [5.74, 6) is -0.227. The first-order valence-corrected chi connectivity index (χ1v) is 4.72. The zero-order chi connectivity index (χ0) is 11.0. The van der Waals surface area contributed by atoms with Crippen LogP contribution < -0.4 is 10.6 Å². The van der Waals surface area contributed by atoms with Gasteiger partial charge in [0.2, 0.25) is 5.91 Å². The van der Waals surface area contributed by atoms with E-state index in [0.29, 0.717) is 13.2 Å². The van der Waals surface area contributed by atoms with Crippen LogP contribution in [0.1, 0.15) is 13.8 Å². The van der Waals surface area contributed by atoms with Crippen molar-refractivity contribution < 1.29 is 13.9 Å². The monoisotopic (exact) mass is 206 g/mol. The highest BCUT2D eigenvalue weighted by molar-refractivity contribution is 5.72. The van der Waals surface area contributed by atoms with Crippen molar-refractivity contribution in [3.8, 4) is 0 Å². The summed E-state index contributed by atoms with van der Waals surface area (Å²) >= 11 is 0. The first-order valence-electron chi connectivity index (χ1n) is 4.72. The van der Waals surface area contributed by atoms with Crippen molar-refractivity contribution in [1.82, 2.24) is 10.6 Å². The number of halogens is 1. The Labute approximate surface area is 84.2 Å². The number of hydrogen-bond donors (Lipinski definition) is 2. The zero-order valence-electron chi connectivity index (χ0n) is 8.97. The molecule has 0 spiro atoms. The molecule has 14 heavy (non-hydrogen) atoms. The molecule has 0 rings (SSSR count). The summed E-state index contributed by atoms with van der Waals surface area (Å²) in [5, 5.41) is 5.30. The SMILES string of the molecule is CNCCOC(C)C(F)CNC(C)=O. The van der Waals surface area contributed by atoms with Crippen molar-refractivity contribution in [3.63, 3.8) is 0 Å². The second-order valence-corrected chi connectivity index (χ2v) is 3.13. The maximum Gasteiger partial charge on any atom is 0.216 e. The Bertz CT molecular complexity index is 167. The van der Waals surface area contributed by atoms with Crippen molar-refractivity contribution in [2.45, 2.75) is 26.1 Å². The average molecular weight is 206 g/mol. The highest BCUT2D eigenvalue weighted by Gasteiger charge is 2.16. The summed E-state index contributed by atoms with van der Waals surface area (Å²) in [4.78, 5) is 10.5. The minimum absolute atomic E-state index is 0.00997. The van der Waals surface area contributed by atoms with Crippen molar-refractivity contribution in [3.05, 3.63) is 0 Å². The number of rotatable bonds is 7. The molecule has 1 amide bonds. The zero-order valence-corrected chi connectivity index (χ0v) is 8.97. The number of carbonyl (C=O) groups excluding carboxylic acids is 1. The predicted octanol–water partition coefficient (Wildman–Crippen LogP) is 0.0851. The number of likely N-dealkylation sites (N-methyl/N-ethyl adjacent to an activating group) is 1. The molecule has 2 N–H and O–H groups in total. The number of carbonyl (C=O) groups is 1. The molecule has 0 aliphatic rings. The van der Waals surface area contributed by atoms with Crippen molar-refractivity contribution in [1.29, 1.82) is 0 Å². The van der Waals surface area contributed by atoms with Crippen molar-refractivity contribution >= 4 is 5.91 Å². The minimum atomic E-state index is -1.16. The van der Waals surface area contributed by atoms with Crippen LogP contribution in [0.2, 0.25) is 0 Å². The number of amides is 1. The van der Waals surface area contributed by atoms with Gasteiger partial charge in [-0.2, -0.15) is 0 Å². The molecule has 0 aromatic carbocycles. The predicted molar refractivity (Wildman–Crippen MR) is 52.9 cm³/mol. The lowest BCUT2D eigenvalue weighted by Gasteiger charge is -2.17. The lowest BCUT2D eigenvalue weighted by molar-refractivity contribution is -0.119. The van der Waals surface area contributed by atoms with E-state index in [1.807, 2.05) is 0 Å². The fourth-order valence-corrected chi connectivity index (χ4v) is 0.858. The second kappa shape index (κ2) is 7.70. The smallest absolute Gasteiger partial charge is 0.216 e. The molecular weight excluding hydrogens is 187 g/mol. The van der Waals surface area contributed by atoms with Crippen LogP contribution in [0.5, 0.6) is 0 Å². The van der Waals surface area contributed by atoms with Crippen molar-refractivity contribution in [2.24, 2.45) is 0 Å². The molecule has 0 aromatic rings. The lowest BCUT2D eigenvalue weighted by Crippen LogP contribution is -2.36. The van der Waals surface area contributed by atoms with Gasteiger partial charge in [0.05, 0.1) is 19.3 Å². The van der Waals surface area contributed by atoms with Gasteiger partial charge >= 0.3 is 0 Å². The minimum Gasteiger partial charge on any atom is -0.374 e. The summed E-state index contributed by atoms with van der Waals surface area (Å²) in [5.41, 5.74) is 0. The third-order valence-electron chi connectivity index (χ3n) is 1.79. The van der Waals surface area contributed by atoms with Gasteiger partial charge in [-0.25, -0.2) is 4.39 Å². The third kappa shape index (κ3) is 6.80. The Balaban J connectivity index is 3.53. The highest BCUT2D eigenvalue weighted by atomic mass is 19.1. The first kappa shape index (κ1) is 13.3. The van der Waals surface area contributed by atoms with Gasteiger partial charge in [0.25, 0.3) is 0 Å². The van der Waals surface area contributed by atoms with Crippen LogP contribution in [0.4, 0.5) is 4.39 Å². The standard InChI is InChI=1S/C9H19FN2O2/c1-7(14-5-4-11-3)9(10)6-12-8(2)13/h7,9,11H,4-6H2,1-3H3,(H,12,13). The van der Waals surface area contributed by atoms with Crippen LogP contribution in [-0.4, -0.2) is 44.9 Å². The van der Waals surface area contributed by atoms with E-state index in [-0.39, 0.29) is 12.5 Å². The van der Waals surface area contributed by atoms with Crippen LogP contribution >= 0.6 is 0 Å². The molecule has 0 heterocycles. The Kier molecular flexibility index (Phi) is 7.32. The molecule has 0 fully saturated rings. The highest BCUT2D eigenvalue weighted by Crippen LogP contribution is 2.01. The number of nitrogens with one attached hydrogen (secondary N) is 2. The van der Waals surface area contributed by atoms with Crippen LogP contribution in [0.25, 0.3) is 0 Å². The maximum absolute atomic E-state index is 13.2. The van der Waals surface area contributed by atoms with Crippen molar-refractivity contribution in [2.75, 3.05) is 26.7 Å². The fraction of sp³-hybridized carbons (Fsp3) is 0.889. The van der Waals surface area contributed by atoms with Crippen LogP contribution in [0.15, 0.2) is 0 Å². The van der Waals surface area contributed by atoms with Gasteiger partial charge < -0.3 is 15.4 Å². The van der Waals surface area contributed by atoms with Gasteiger partial charge in [0.1, 0.15) is 6.17 Å². The summed E-state index contributed by atoms with van der Waals surface area (Å²) in [6.45, 7) is 4.19. The van der Waals surface area contributed by atoms with E-state index < -0.39 is 12.3 Å². The number of alkyl halides is 1. The van der Waals surface area contributed by atoms with E-state index in [1.54, 1.807) is 14.0 Å². The lowest BCUT2D eigenvalue weighted by atomic mass is 10.2. The van der Waals surface area contributed by atoms with E-state index in [1.165, 1.54) is 6.92 Å². The molecule has 0 bridgehead atoms. The Morgan fingerprint density at radius 3 is 2.71 bits per heavy atom. The average Bonchev–Trinajstić information content (AvgIpc) is 2.14. The Morgan fingerprint density at radius 1 is 1.57 bits per heavy atom.